The third-order valence-corrected chi connectivity index (χ3v) is 3.88. The molecular formula is C16H31N3. The van der Waals surface area contributed by atoms with Gasteiger partial charge in [0.05, 0.1) is 5.69 Å². The lowest BCUT2D eigenvalue weighted by Crippen LogP contribution is -2.32. The molecule has 1 aromatic rings. The van der Waals surface area contributed by atoms with Gasteiger partial charge >= 0.3 is 0 Å². The van der Waals surface area contributed by atoms with Gasteiger partial charge in [0.1, 0.15) is 0 Å². The molecule has 0 spiro atoms. The molecule has 0 aliphatic heterocycles. The van der Waals surface area contributed by atoms with E-state index in [2.05, 4.69) is 45.0 Å². The second-order valence-electron chi connectivity index (χ2n) is 6.10. The highest BCUT2D eigenvalue weighted by Gasteiger charge is 2.15. The Balaban J connectivity index is 2.69. The lowest BCUT2D eigenvalue weighted by molar-refractivity contribution is 0.426. The minimum atomic E-state index is 0.587. The number of rotatable bonds is 8. The summed E-state index contributed by atoms with van der Waals surface area (Å²) in [7, 11) is 2.04. The van der Waals surface area contributed by atoms with Crippen LogP contribution in [0.15, 0.2) is 0 Å². The van der Waals surface area contributed by atoms with Crippen LogP contribution in [0.4, 0.5) is 0 Å². The summed E-state index contributed by atoms with van der Waals surface area (Å²) in [5, 5.41) is 8.23. The van der Waals surface area contributed by atoms with E-state index in [1.807, 2.05) is 11.7 Å². The van der Waals surface area contributed by atoms with Crippen LogP contribution in [0.1, 0.15) is 57.0 Å². The highest BCUT2D eigenvalue weighted by atomic mass is 15.3. The molecule has 0 saturated heterocycles. The summed E-state index contributed by atoms with van der Waals surface area (Å²) in [5.41, 5.74) is 3.93. The number of nitrogens with zero attached hydrogens (tertiary/aromatic N) is 2. The first-order chi connectivity index (χ1) is 8.95. The van der Waals surface area contributed by atoms with Gasteiger partial charge in [0.25, 0.3) is 0 Å². The fourth-order valence-electron chi connectivity index (χ4n) is 2.52. The molecule has 0 aliphatic carbocycles. The number of aryl methyl sites for hydroxylation is 2. The number of hydrogen-bond donors (Lipinski definition) is 1. The molecule has 0 fully saturated rings. The highest BCUT2D eigenvalue weighted by Crippen LogP contribution is 2.17. The van der Waals surface area contributed by atoms with Gasteiger partial charge in [0, 0.05) is 18.8 Å². The molecule has 1 atom stereocenters. The van der Waals surface area contributed by atoms with Gasteiger partial charge in [-0.2, -0.15) is 5.10 Å². The van der Waals surface area contributed by atoms with E-state index in [9.17, 15) is 0 Å². The minimum absolute atomic E-state index is 0.587. The van der Waals surface area contributed by atoms with Crippen molar-refractivity contribution in [3.8, 4) is 0 Å². The van der Waals surface area contributed by atoms with Gasteiger partial charge in [-0.1, -0.05) is 20.8 Å². The van der Waals surface area contributed by atoms with E-state index in [1.54, 1.807) is 0 Å². The number of nitrogens with one attached hydrogen (secondary N) is 1. The van der Waals surface area contributed by atoms with Crippen molar-refractivity contribution in [3.05, 3.63) is 17.0 Å². The zero-order chi connectivity index (χ0) is 14.4. The van der Waals surface area contributed by atoms with E-state index >= 15 is 0 Å². The molecule has 1 unspecified atom stereocenters. The largest absolute Gasteiger partial charge is 0.314 e. The predicted octanol–water partition coefficient (Wildman–Crippen LogP) is 3.38. The molecule has 1 aromatic heterocycles. The van der Waals surface area contributed by atoms with Gasteiger partial charge in [-0.25, -0.2) is 0 Å². The maximum absolute atomic E-state index is 4.53. The molecule has 1 N–H and O–H groups in total. The second kappa shape index (κ2) is 7.68. The Hall–Kier alpha value is -0.830. The van der Waals surface area contributed by atoms with Crippen molar-refractivity contribution >= 4 is 0 Å². The standard InChI is InChI=1S/C16H31N3/c1-7-10-17-15(9-8-12(2)3)11-16-13(4)18-19(6)14(16)5/h12,15,17H,7-11H2,1-6H3. The van der Waals surface area contributed by atoms with E-state index in [-0.39, 0.29) is 0 Å². The number of aromatic nitrogens is 2. The van der Waals surface area contributed by atoms with Gasteiger partial charge in [-0.15, -0.1) is 0 Å². The average molecular weight is 265 g/mol. The van der Waals surface area contributed by atoms with E-state index < -0.39 is 0 Å². The van der Waals surface area contributed by atoms with Gasteiger partial charge < -0.3 is 5.32 Å². The minimum Gasteiger partial charge on any atom is -0.314 e. The Morgan fingerprint density at radius 2 is 1.89 bits per heavy atom. The monoisotopic (exact) mass is 265 g/mol. The molecule has 19 heavy (non-hydrogen) atoms. The van der Waals surface area contributed by atoms with Crippen molar-refractivity contribution < 1.29 is 0 Å². The smallest absolute Gasteiger partial charge is 0.0628 e. The molecule has 0 radical (unpaired) electrons. The molecule has 3 heteroatoms. The topological polar surface area (TPSA) is 29.9 Å². The lowest BCUT2D eigenvalue weighted by atomic mass is 9.97. The summed E-state index contributed by atoms with van der Waals surface area (Å²) < 4.78 is 2.00. The van der Waals surface area contributed by atoms with Gasteiger partial charge in [-0.3, -0.25) is 4.68 Å². The maximum Gasteiger partial charge on any atom is 0.0628 e. The Morgan fingerprint density at radius 3 is 2.37 bits per heavy atom. The first-order valence-electron chi connectivity index (χ1n) is 7.68. The molecule has 0 aromatic carbocycles. The van der Waals surface area contributed by atoms with Crippen LogP contribution in [0.2, 0.25) is 0 Å². The first kappa shape index (κ1) is 16.2. The van der Waals surface area contributed by atoms with Gasteiger partial charge in [-0.05, 0) is 57.6 Å². The molecule has 0 saturated carbocycles. The summed E-state index contributed by atoms with van der Waals surface area (Å²) in [6.45, 7) is 12.2. The van der Waals surface area contributed by atoms with E-state index in [1.165, 1.54) is 36.2 Å². The van der Waals surface area contributed by atoms with Crippen molar-refractivity contribution in [1.82, 2.24) is 15.1 Å². The van der Waals surface area contributed by atoms with Crippen LogP contribution >= 0.6 is 0 Å². The summed E-state index contributed by atoms with van der Waals surface area (Å²) in [5.74, 6) is 0.780. The van der Waals surface area contributed by atoms with Crippen LogP contribution in [0.3, 0.4) is 0 Å². The van der Waals surface area contributed by atoms with Crippen LogP contribution in [-0.2, 0) is 13.5 Å². The van der Waals surface area contributed by atoms with Crippen molar-refractivity contribution in [2.75, 3.05) is 6.54 Å². The molecule has 110 valence electrons. The van der Waals surface area contributed by atoms with Crippen LogP contribution in [0.5, 0.6) is 0 Å². The Kier molecular flexibility index (Phi) is 6.56. The summed E-state index contributed by atoms with van der Waals surface area (Å²) in [6.07, 6.45) is 4.85. The molecule has 0 bridgehead atoms. The second-order valence-corrected chi connectivity index (χ2v) is 6.10. The Labute approximate surface area is 118 Å². The third-order valence-electron chi connectivity index (χ3n) is 3.88. The van der Waals surface area contributed by atoms with Crippen LogP contribution in [-0.4, -0.2) is 22.4 Å². The zero-order valence-electron chi connectivity index (χ0n) is 13.6. The number of hydrogen-bond acceptors (Lipinski definition) is 2. The summed E-state index contributed by atoms with van der Waals surface area (Å²) >= 11 is 0. The average Bonchev–Trinajstić information content (AvgIpc) is 2.58. The summed E-state index contributed by atoms with van der Waals surface area (Å²) in [6, 6.07) is 0.587. The van der Waals surface area contributed by atoms with Crippen LogP contribution in [0, 0.1) is 19.8 Å². The van der Waals surface area contributed by atoms with Gasteiger partial charge in [0.2, 0.25) is 0 Å². The van der Waals surface area contributed by atoms with Crippen LogP contribution in [0.25, 0.3) is 0 Å². The quantitative estimate of drug-likeness (QED) is 0.781. The maximum atomic E-state index is 4.53. The zero-order valence-corrected chi connectivity index (χ0v) is 13.6. The van der Waals surface area contributed by atoms with E-state index in [4.69, 9.17) is 0 Å². The van der Waals surface area contributed by atoms with E-state index in [0.717, 1.165) is 18.9 Å². The Bertz CT molecular complexity index is 380. The Morgan fingerprint density at radius 1 is 1.21 bits per heavy atom. The molecule has 3 nitrogen and oxygen atoms in total. The molecular weight excluding hydrogens is 234 g/mol. The van der Waals surface area contributed by atoms with E-state index in [0.29, 0.717) is 6.04 Å². The normalized spacial score (nSPS) is 13.2. The van der Waals surface area contributed by atoms with Crippen molar-refractivity contribution in [3.63, 3.8) is 0 Å². The van der Waals surface area contributed by atoms with Crippen molar-refractivity contribution in [2.45, 2.75) is 66.3 Å². The molecule has 1 rings (SSSR count). The fraction of sp³-hybridized carbons (Fsp3) is 0.812. The fourth-order valence-corrected chi connectivity index (χ4v) is 2.52. The van der Waals surface area contributed by atoms with Crippen LogP contribution < -0.4 is 5.32 Å². The molecule has 1 heterocycles. The SMILES string of the molecule is CCCNC(CCC(C)C)Cc1c(C)nn(C)c1C. The molecule has 0 amide bonds. The lowest BCUT2D eigenvalue weighted by Gasteiger charge is -2.20. The predicted molar refractivity (Wildman–Crippen MR) is 82.5 cm³/mol. The highest BCUT2D eigenvalue weighted by molar-refractivity contribution is 5.25. The summed E-state index contributed by atoms with van der Waals surface area (Å²) in [4.78, 5) is 0. The first-order valence-corrected chi connectivity index (χ1v) is 7.68. The molecule has 0 aliphatic rings. The van der Waals surface area contributed by atoms with Crippen molar-refractivity contribution in [2.24, 2.45) is 13.0 Å². The third kappa shape index (κ3) is 4.98. The van der Waals surface area contributed by atoms with Crippen molar-refractivity contribution in [1.29, 1.82) is 0 Å². The van der Waals surface area contributed by atoms with Gasteiger partial charge in [0.15, 0.2) is 0 Å².